The van der Waals surface area contributed by atoms with Crippen LogP contribution in [0.2, 0.25) is 0 Å². The number of carboxylic acid groups (broad SMARTS) is 2. The zero-order chi connectivity index (χ0) is 32.6. The Labute approximate surface area is 270 Å². The van der Waals surface area contributed by atoms with Crippen molar-refractivity contribution in [2.24, 2.45) is 0 Å². The minimum absolute atomic E-state index is 0.319. The highest BCUT2D eigenvalue weighted by molar-refractivity contribution is 5.80. The lowest BCUT2D eigenvalue weighted by atomic mass is 10.1. The second-order valence-electron chi connectivity index (χ2n) is 10.9. The lowest BCUT2D eigenvalue weighted by Gasteiger charge is -2.00. The fourth-order valence-corrected chi connectivity index (χ4v) is 4.17. The molecule has 4 heteroatoms. The molecule has 0 fully saturated rings. The van der Waals surface area contributed by atoms with E-state index in [2.05, 4.69) is 62.5 Å². The number of carbonyl (C=O) groups is 2. The molecule has 0 aromatic rings. The largest absolute Gasteiger partial charge is 0.481 e. The zero-order valence-electron chi connectivity index (χ0n) is 28.1. The monoisotopic (exact) mass is 608 g/mol. The fourth-order valence-electron chi connectivity index (χ4n) is 4.17. The smallest absolute Gasteiger partial charge is 0.328 e. The van der Waals surface area contributed by atoms with Crippen molar-refractivity contribution < 1.29 is 19.8 Å². The van der Waals surface area contributed by atoms with Gasteiger partial charge in [-0.15, -0.1) is 0 Å². The van der Waals surface area contributed by atoms with Crippen LogP contribution in [0.5, 0.6) is 0 Å². The molecule has 0 aliphatic rings. The van der Waals surface area contributed by atoms with Gasteiger partial charge in [-0.05, 0) is 51.4 Å². The lowest BCUT2D eigenvalue weighted by Crippen LogP contribution is -1.93. The highest BCUT2D eigenvalue weighted by Crippen LogP contribution is 2.11. The molecule has 0 rings (SSSR count). The maximum atomic E-state index is 10.3. The van der Waals surface area contributed by atoms with Crippen molar-refractivity contribution in [2.45, 2.75) is 142 Å². The first-order valence-corrected chi connectivity index (χ1v) is 17.3. The second-order valence-corrected chi connectivity index (χ2v) is 10.9. The van der Waals surface area contributed by atoms with Crippen LogP contribution in [0.1, 0.15) is 142 Å². The quantitative estimate of drug-likeness (QED) is 0.0401. The number of allylic oxidation sites excluding steroid dienone is 15. The average Bonchev–Trinajstić information content (AvgIpc) is 3.00. The summed E-state index contributed by atoms with van der Waals surface area (Å²) in [5.74, 6) is -1.60. The van der Waals surface area contributed by atoms with Crippen LogP contribution >= 0.6 is 0 Å². The van der Waals surface area contributed by atoms with Crippen LogP contribution in [0.15, 0.2) is 97.2 Å². The summed E-state index contributed by atoms with van der Waals surface area (Å²) in [7, 11) is 0. The van der Waals surface area contributed by atoms with Crippen LogP contribution in [0.4, 0.5) is 0 Å². The van der Waals surface area contributed by atoms with Gasteiger partial charge in [0.2, 0.25) is 0 Å². The molecule has 0 saturated heterocycles. The Hall–Kier alpha value is -3.14. The van der Waals surface area contributed by atoms with E-state index in [4.69, 9.17) is 10.2 Å². The van der Waals surface area contributed by atoms with E-state index in [0.29, 0.717) is 6.42 Å². The summed E-state index contributed by atoms with van der Waals surface area (Å²) in [4.78, 5) is 20.5. The topological polar surface area (TPSA) is 74.6 Å². The molecule has 4 nitrogen and oxygen atoms in total. The molecule has 0 aromatic carbocycles. The van der Waals surface area contributed by atoms with Crippen molar-refractivity contribution in [3.63, 3.8) is 0 Å². The van der Waals surface area contributed by atoms with Crippen LogP contribution in [-0.4, -0.2) is 22.2 Å². The van der Waals surface area contributed by atoms with Gasteiger partial charge in [0.05, 0.1) is 0 Å². The molecular weight excluding hydrogens is 544 g/mol. The molecule has 2 N–H and O–H groups in total. The van der Waals surface area contributed by atoms with E-state index in [1.54, 1.807) is 12.2 Å². The van der Waals surface area contributed by atoms with E-state index < -0.39 is 11.9 Å². The Kier molecular flexibility index (Phi) is 38.9. The van der Waals surface area contributed by atoms with Gasteiger partial charge in [-0.1, -0.05) is 176 Å². The third-order valence-electron chi connectivity index (χ3n) is 6.67. The molecule has 0 atom stereocenters. The zero-order valence-corrected chi connectivity index (χ0v) is 28.1. The first-order valence-electron chi connectivity index (χ1n) is 17.3. The molecule has 0 radical (unpaired) electrons. The van der Waals surface area contributed by atoms with Crippen LogP contribution < -0.4 is 0 Å². The number of carboxylic acids is 2. The van der Waals surface area contributed by atoms with Crippen LogP contribution in [0.25, 0.3) is 0 Å². The van der Waals surface area contributed by atoms with Gasteiger partial charge in [-0.25, -0.2) is 4.79 Å². The fraction of sp³-hybridized carbons (Fsp3) is 0.550. The van der Waals surface area contributed by atoms with Crippen LogP contribution in [0, 0.1) is 0 Å². The van der Waals surface area contributed by atoms with Crippen molar-refractivity contribution in [1.82, 2.24) is 0 Å². The summed E-state index contributed by atoms with van der Waals surface area (Å²) in [6, 6.07) is 0. The molecule has 248 valence electrons. The van der Waals surface area contributed by atoms with Gasteiger partial charge in [0.25, 0.3) is 0 Å². The normalized spacial score (nSPS) is 12.4. The highest BCUT2D eigenvalue weighted by atomic mass is 16.4. The Balaban J connectivity index is 0. The predicted octanol–water partition coefficient (Wildman–Crippen LogP) is 12.4. The Morgan fingerprint density at radius 1 is 0.455 bits per heavy atom. The van der Waals surface area contributed by atoms with E-state index in [-0.39, 0.29) is 0 Å². The molecule has 44 heavy (non-hydrogen) atoms. The van der Waals surface area contributed by atoms with Crippen molar-refractivity contribution in [1.29, 1.82) is 0 Å². The highest BCUT2D eigenvalue weighted by Gasteiger charge is 1.95. The third-order valence-corrected chi connectivity index (χ3v) is 6.67. The molecule has 0 aliphatic heterocycles. The molecule has 0 aliphatic carbocycles. The van der Waals surface area contributed by atoms with E-state index in [1.807, 2.05) is 24.3 Å². The van der Waals surface area contributed by atoms with Gasteiger partial charge in [0.1, 0.15) is 0 Å². The average molecular weight is 609 g/mol. The molecule has 0 heterocycles. The maximum Gasteiger partial charge on any atom is 0.328 e. The van der Waals surface area contributed by atoms with Crippen molar-refractivity contribution in [2.75, 3.05) is 0 Å². The standard InChI is InChI=1S/C22H34O2.C18H30O2/c1-2-3-4-5-6-7-8-9-10-11-12-13-14-15-16-17-18-19-20-21-22(23)24;1-2-3-4-5-6-7-8-9-10-11-12-13-14-15-16-17-18(19)20/h12-21H,2-11H2,1H3,(H,23,24);3-4,6-7,9-10H,2,5,8,11-17H2,1H3,(H,19,20)/b13-12+,15-14+,17-16+,19-18+,21-20+;4-3-,7-6-,10-9-. The van der Waals surface area contributed by atoms with Crippen LogP contribution in [-0.2, 0) is 9.59 Å². The van der Waals surface area contributed by atoms with Gasteiger partial charge in [0.15, 0.2) is 0 Å². The van der Waals surface area contributed by atoms with E-state index in [9.17, 15) is 9.59 Å². The second kappa shape index (κ2) is 39.9. The molecule has 0 saturated carbocycles. The molecule has 0 amide bonds. The SMILES string of the molecule is CC/C=C\C/C=C\C/C=C\CCCCCCCC(=O)O.CCCCCCCCCCC/C=C/C=C/C=C/C=C/C=C/C(=O)O. The lowest BCUT2D eigenvalue weighted by molar-refractivity contribution is -0.137. The minimum atomic E-state index is -0.930. The summed E-state index contributed by atoms with van der Waals surface area (Å²) in [5.41, 5.74) is 0. The van der Waals surface area contributed by atoms with Crippen molar-refractivity contribution in [3.05, 3.63) is 97.2 Å². The molecule has 0 spiro atoms. The first-order chi connectivity index (χ1) is 21.5. The predicted molar refractivity (Wildman–Crippen MR) is 192 cm³/mol. The Morgan fingerprint density at radius 3 is 1.41 bits per heavy atom. The van der Waals surface area contributed by atoms with Crippen molar-refractivity contribution in [3.8, 4) is 0 Å². The van der Waals surface area contributed by atoms with Gasteiger partial charge < -0.3 is 10.2 Å². The third kappa shape index (κ3) is 45.8. The number of unbranched alkanes of at least 4 members (excludes halogenated alkanes) is 14. The van der Waals surface area contributed by atoms with Gasteiger partial charge in [0, 0.05) is 12.5 Å². The molecule has 0 bridgehead atoms. The molecule has 0 unspecified atom stereocenters. The molecule has 0 aromatic heterocycles. The Morgan fingerprint density at radius 2 is 0.886 bits per heavy atom. The van der Waals surface area contributed by atoms with E-state index in [0.717, 1.165) is 57.4 Å². The van der Waals surface area contributed by atoms with E-state index >= 15 is 0 Å². The first kappa shape index (κ1) is 43.0. The van der Waals surface area contributed by atoms with Gasteiger partial charge in [-0.3, -0.25) is 4.79 Å². The van der Waals surface area contributed by atoms with Crippen LogP contribution in [0.3, 0.4) is 0 Å². The summed E-state index contributed by atoms with van der Waals surface area (Å²) in [5, 5.41) is 16.9. The Bertz CT molecular complexity index is 868. The minimum Gasteiger partial charge on any atom is -0.481 e. The summed E-state index contributed by atoms with van der Waals surface area (Å²) < 4.78 is 0. The van der Waals surface area contributed by atoms with E-state index in [1.165, 1.54) is 76.7 Å². The molecular formula is C40H64O4. The van der Waals surface area contributed by atoms with Gasteiger partial charge >= 0.3 is 11.9 Å². The summed E-state index contributed by atoms with van der Waals surface area (Å²) in [6.45, 7) is 4.41. The number of hydrogen-bond donors (Lipinski definition) is 2. The van der Waals surface area contributed by atoms with Gasteiger partial charge in [-0.2, -0.15) is 0 Å². The summed E-state index contributed by atoms with van der Waals surface area (Å²) in [6.07, 6.45) is 55.1. The maximum absolute atomic E-state index is 10.3. The number of hydrogen-bond acceptors (Lipinski definition) is 2. The summed E-state index contributed by atoms with van der Waals surface area (Å²) >= 11 is 0. The van der Waals surface area contributed by atoms with Crippen molar-refractivity contribution >= 4 is 11.9 Å². The number of rotatable bonds is 28. The number of aliphatic carboxylic acids is 2.